The molecule has 0 spiro atoms. The number of hydrogen-bond acceptors (Lipinski definition) is 2. The fourth-order valence-corrected chi connectivity index (χ4v) is 4.01. The maximum atomic E-state index is 12.2. The molecule has 27 heavy (non-hydrogen) atoms. The van der Waals surface area contributed by atoms with Crippen molar-refractivity contribution < 1.29 is 4.79 Å². The first-order chi connectivity index (χ1) is 12.8. The van der Waals surface area contributed by atoms with Crippen molar-refractivity contribution in [3.63, 3.8) is 0 Å². The largest absolute Gasteiger partial charge is 0.378 e. The van der Waals surface area contributed by atoms with Gasteiger partial charge in [0.05, 0.1) is 6.04 Å². The molecule has 1 atom stereocenters. The van der Waals surface area contributed by atoms with E-state index in [1.54, 1.807) is 0 Å². The first-order valence-electron chi connectivity index (χ1n) is 9.44. The standard InChI is InChI=1S/C23H27ClN2O/c1-14(2)12-22(27)26-23-15(3)13-20-19(16(23)4)6-5-7-21(20)25-18-10-8-17(24)9-11-18/h8-11,13,21,25H,1,5-7,12H2,2-4H3,(H,26,27). The van der Waals surface area contributed by atoms with Gasteiger partial charge >= 0.3 is 0 Å². The van der Waals surface area contributed by atoms with Crippen molar-refractivity contribution in [3.8, 4) is 0 Å². The number of halogens is 1. The van der Waals surface area contributed by atoms with E-state index in [0.29, 0.717) is 6.42 Å². The fraction of sp³-hybridized carbons (Fsp3) is 0.348. The van der Waals surface area contributed by atoms with Crippen LogP contribution in [0, 0.1) is 13.8 Å². The Labute approximate surface area is 166 Å². The van der Waals surface area contributed by atoms with E-state index < -0.39 is 0 Å². The van der Waals surface area contributed by atoms with Crippen molar-refractivity contribution in [2.24, 2.45) is 0 Å². The van der Waals surface area contributed by atoms with Crippen LogP contribution in [-0.2, 0) is 11.2 Å². The third-order valence-electron chi connectivity index (χ3n) is 5.15. The fourth-order valence-electron chi connectivity index (χ4n) is 3.88. The molecule has 4 heteroatoms. The minimum atomic E-state index is 0.000277. The highest BCUT2D eigenvalue weighted by Crippen LogP contribution is 2.38. The number of carbonyl (C=O) groups is 1. The van der Waals surface area contributed by atoms with Crippen LogP contribution >= 0.6 is 11.6 Å². The van der Waals surface area contributed by atoms with Crippen LogP contribution in [0.3, 0.4) is 0 Å². The Kier molecular flexibility index (Phi) is 5.91. The van der Waals surface area contributed by atoms with E-state index in [1.807, 2.05) is 31.2 Å². The van der Waals surface area contributed by atoms with E-state index in [4.69, 9.17) is 11.6 Å². The topological polar surface area (TPSA) is 41.1 Å². The smallest absolute Gasteiger partial charge is 0.228 e. The lowest BCUT2D eigenvalue weighted by molar-refractivity contribution is -0.115. The number of nitrogens with one attached hydrogen (secondary N) is 2. The summed E-state index contributed by atoms with van der Waals surface area (Å²) in [6, 6.07) is 10.3. The number of anilines is 2. The Hall–Kier alpha value is -2.26. The van der Waals surface area contributed by atoms with Crippen molar-refractivity contribution >= 4 is 28.9 Å². The molecule has 0 saturated heterocycles. The normalized spacial score (nSPS) is 15.8. The molecule has 0 saturated carbocycles. The average molecular weight is 383 g/mol. The lowest BCUT2D eigenvalue weighted by atomic mass is 9.83. The number of rotatable bonds is 5. The van der Waals surface area contributed by atoms with E-state index in [1.165, 1.54) is 16.7 Å². The third-order valence-corrected chi connectivity index (χ3v) is 5.40. The number of benzene rings is 2. The highest BCUT2D eigenvalue weighted by molar-refractivity contribution is 6.30. The Morgan fingerprint density at radius 1 is 1.26 bits per heavy atom. The van der Waals surface area contributed by atoms with E-state index in [2.05, 4.69) is 37.1 Å². The summed E-state index contributed by atoms with van der Waals surface area (Å²) in [6.45, 7) is 9.89. The van der Waals surface area contributed by atoms with E-state index >= 15 is 0 Å². The van der Waals surface area contributed by atoms with Crippen molar-refractivity contribution in [1.82, 2.24) is 0 Å². The van der Waals surface area contributed by atoms with Gasteiger partial charge < -0.3 is 10.6 Å². The van der Waals surface area contributed by atoms with Gasteiger partial charge in [-0.05, 0) is 86.6 Å². The number of hydrogen-bond donors (Lipinski definition) is 2. The quantitative estimate of drug-likeness (QED) is 0.591. The summed E-state index contributed by atoms with van der Waals surface area (Å²) in [7, 11) is 0. The summed E-state index contributed by atoms with van der Waals surface area (Å²) in [5, 5.41) is 7.49. The van der Waals surface area contributed by atoms with Crippen LogP contribution in [0.25, 0.3) is 0 Å². The molecule has 2 aromatic rings. The predicted octanol–water partition coefficient (Wildman–Crippen LogP) is 6.35. The monoisotopic (exact) mass is 382 g/mol. The molecule has 1 aliphatic rings. The molecule has 142 valence electrons. The van der Waals surface area contributed by atoms with Gasteiger partial charge in [0.2, 0.25) is 5.91 Å². The van der Waals surface area contributed by atoms with Crippen LogP contribution in [0.15, 0.2) is 42.5 Å². The molecular formula is C23H27ClN2O. The average Bonchev–Trinajstić information content (AvgIpc) is 2.61. The van der Waals surface area contributed by atoms with Crippen molar-refractivity contribution in [1.29, 1.82) is 0 Å². The zero-order valence-electron chi connectivity index (χ0n) is 16.3. The minimum absolute atomic E-state index is 0.000277. The van der Waals surface area contributed by atoms with Crippen LogP contribution in [0.4, 0.5) is 11.4 Å². The Morgan fingerprint density at radius 3 is 2.63 bits per heavy atom. The molecule has 0 heterocycles. The van der Waals surface area contributed by atoms with Gasteiger partial charge in [0.15, 0.2) is 0 Å². The van der Waals surface area contributed by atoms with Crippen molar-refractivity contribution in [3.05, 3.63) is 69.8 Å². The maximum Gasteiger partial charge on any atom is 0.228 e. The van der Waals surface area contributed by atoms with Gasteiger partial charge in [-0.1, -0.05) is 29.8 Å². The Balaban J connectivity index is 1.89. The predicted molar refractivity (Wildman–Crippen MR) is 115 cm³/mol. The molecule has 0 radical (unpaired) electrons. The number of carbonyl (C=O) groups excluding carboxylic acids is 1. The van der Waals surface area contributed by atoms with Gasteiger partial charge in [0.25, 0.3) is 0 Å². The first kappa shape index (κ1) is 19.5. The second kappa shape index (κ2) is 8.18. The molecule has 0 bridgehead atoms. The number of aryl methyl sites for hydroxylation is 1. The van der Waals surface area contributed by atoms with Crippen LogP contribution < -0.4 is 10.6 Å². The molecule has 0 fully saturated rings. The molecule has 1 aliphatic carbocycles. The summed E-state index contributed by atoms with van der Waals surface area (Å²) >= 11 is 6.00. The summed E-state index contributed by atoms with van der Waals surface area (Å²) in [4.78, 5) is 12.2. The van der Waals surface area contributed by atoms with Crippen LogP contribution in [0.2, 0.25) is 5.02 Å². The van der Waals surface area contributed by atoms with Gasteiger partial charge in [-0.2, -0.15) is 0 Å². The molecule has 3 nitrogen and oxygen atoms in total. The second-order valence-electron chi connectivity index (χ2n) is 7.54. The maximum absolute atomic E-state index is 12.2. The molecule has 2 aromatic carbocycles. The zero-order chi connectivity index (χ0) is 19.6. The third kappa shape index (κ3) is 4.54. The molecule has 3 rings (SSSR count). The van der Waals surface area contributed by atoms with Crippen LogP contribution in [-0.4, -0.2) is 5.91 Å². The zero-order valence-corrected chi connectivity index (χ0v) is 17.0. The van der Waals surface area contributed by atoms with Crippen molar-refractivity contribution in [2.75, 3.05) is 10.6 Å². The summed E-state index contributed by atoms with van der Waals surface area (Å²) in [5.74, 6) is 0.000277. The van der Waals surface area contributed by atoms with E-state index in [0.717, 1.165) is 46.8 Å². The van der Waals surface area contributed by atoms with Crippen LogP contribution in [0.5, 0.6) is 0 Å². The highest BCUT2D eigenvalue weighted by Gasteiger charge is 2.24. The summed E-state index contributed by atoms with van der Waals surface area (Å²) in [6.07, 6.45) is 3.62. The summed E-state index contributed by atoms with van der Waals surface area (Å²) in [5.41, 5.74) is 7.87. The lowest BCUT2D eigenvalue weighted by Crippen LogP contribution is -2.21. The van der Waals surface area contributed by atoms with E-state index in [-0.39, 0.29) is 11.9 Å². The second-order valence-corrected chi connectivity index (χ2v) is 7.98. The number of amides is 1. The molecule has 0 aromatic heterocycles. The van der Waals surface area contributed by atoms with Gasteiger partial charge in [-0.15, -0.1) is 0 Å². The van der Waals surface area contributed by atoms with Crippen LogP contribution in [0.1, 0.15) is 54.5 Å². The molecule has 1 unspecified atom stereocenters. The van der Waals surface area contributed by atoms with Gasteiger partial charge in [0.1, 0.15) is 0 Å². The lowest BCUT2D eigenvalue weighted by Gasteiger charge is -2.30. The van der Waals surface area contributed by atoms with Crippen molar-refractivity contribution in [2.45, 2.75) is 52.5 Å². The highest BCUT2D eigenvalue weighted by atomic mass is 35.5. The Bertz CT molecular complexity index is 871. The van der Waals surface area contributed by atoms with Gasteiger partial charge in [-0.3, -0.25) is 4.79 Å². The van der Waals surface area contributed by atoms with E-state index in [9.17, 15) is 4.79 Å². The van der Waals surface area contributed by atoms with Gasteiger partial charge in [0, 0.05) is 22.8 Å². The first-order valence-corrected chi connectivity index (χ1v) is 9.82. The summed E-state index contributed by atoms with van der Waals surface area (Å²) < 4.78 is 0. The molecular weight excluding hydrogens is 356 g/mol. The van der Waals surface area contributed by atoms with Gasteiger partial charge in [-0.25, -0.2) is 0 Å². The molecule has 0 aliphatic heterocycles. The molecule has 2 N–H and O–H groups in total. The molecule has 1 amide bonds. The SMILES string of the molecule is C=C(C)CC(=O)Nc1c(C)cc2c(c1C)CCCC2Nc1ccc(Cl)cc1. The minimum Gasteiger partial charge on any atom is -0.378 e. The Morgan fingerprint density at radius 2 is 1.96 bits per heavy atom. The number of fused-ring (bicyclic) bond motifs is 1.